The number of aromatic nitrogens is 2. The average Bonchev–Trinajstić information content (AvgIpc) is 3.19. The number of aryl methyl sites for hydroxylation is 2. The van der Waals surface area contributed by atoms with Crippen molar-refractivity contribution in [1.82, 2.24) is 9.97 Å². The van der Waals surface area contributed by atoms with E-state index in [1.165, 1.54) is 0 Å². The fourth-order valence-electron chi connectivity index (χ4n) is 3.54. The first kappa shape index (κ1) is 21.3. The van der Waals surface area contributed by atoms with Gasteiger partial charge in [0.2, 0.25) is 5.91 Å². The van der Waals surface area contributed by atoms with Crippen molar-refractivity contribution in [2.45, 2.75) is 20.3 Å². The van der Waals surface area contributed by atoms with Gasteiger partial charge in [0.25, 0.3) is 0 Å². The molecular weight excluding hydrogens is 428 g/mol. The molecule has 0 saturated heterocycles. The van der Waals surface area contributed by atoms with Crippen LogP contribution in [0.1, 0.15) is 17.5 Å². The summed E-state index contributed by atoms with van der Waals surface area (Å²) in [4.78, 5) is 25.6. The second-order valence-electron chi connectivity index (χ2n) is 7.55. The summed E-state index contributed by atoms with van der Waals surface area (Å²) in [5.41, 5.74) is 3.85. The average molecular weight is 451 g/mol. The summed E-state index contributed by atoms with van der Waals surface area (Å²) in [6.45, 7) is 4.45. The first-order valence-electron chi connectivity index (χ1n) is 10.00. The number of carbonyl (C=O) groups is 1. The van der Waals surface area contributed by atoms with E-state index in [-0.39, 0.29) is 5.91 Å². The normalized spacial score (nSPS) is 11.0. The zero-order chi connectivity index (χ0) is 22.0. The Hall–Kier alpha value is -2.96. The van der Waals surface area contributed by atoms with Gasteiger partial charge in [-0.15, -0.1) is 11.3 Å². The van der Waals surface area contributed by atoms with E-state index in [1.54, 1.807) is 17.7 Å². The Labute approximate surface area is 190 Å². The van der Waals surface area contributed by atoms with E-state index in [1.807, 2.05) is 56.1 Å². The molecule has 0 atom stereocenters. The van der Waals surface area contributed by atoms with Crippen LogP contribution >= 0.6 is 22.9 Å². The van der Waals surface area contributed by atoms with Crippen molar-refractivity contribution in [3.05, 3.63) is 71.0 Å². The number of amides is 1. The van der Waals surface area contributed by atoms with Gasteiger partial charge in [0.15, 0.2) is 0 Å². The van der Waals surface area contributed by atoms with E-state index in [2.05, 4.69) is 33.5 Å². The van der Waals surface area contributed by atoms with Gasteiger partial charge in [-0.05, 0) is 42.7 Å². The molecule has 2 heterocycles. The standard InChI is InChI=1S/C24H23ClN4OS/c1-15-11-16(2)22(19(25)12-15)28-21(30)9-10-29(3)23-18-13-20(17-7-5-4-6-8-17)31-24(18)27-14-26-23/h4-8,11-14H,9-10H2,1-3H3,(H,28,30). The lowest BCUT2D eigenvalue weighted by Crippen LogP contribution is -2.25. The molecule has 7 heteroatoms. The minimum absolute atomic E-state index is 0.0821. The Morgan fingerprint density at radius 3 is 2.65 bits per heavy atom. The lowest BCUT2D eigenvalue weighted by atomic mass is 10.1. The third-order valence-electron chi connectivity index (χ3n) is 5.10. The lowest BCUT2D eigenvalue weighted by Gasteiger charge is -2.19. The summed E-state index contributed by atoms with van der Waals surface area (Å²) < 4.78 is 0. The number of thiophene rings is 1. The molecule has 1 N–H and O–H groups in total. The number of rotatable bonds is 6. The molecule has 1 amide bonds. The van der Waals surface area contributed by atoms with Crippen LogP contribution in [0.3, 0.4) is 0 Å². The molecule has 158 valence electrons. The van der Waals surface area contributed by atoms with Crippen molar-refractivity contribution in [2.75, 3.05) is 23.8 Å². The molecule has 0 bridgehead atoms. The molecule has 0 radical (unpaired) electrons. The van der Waals surface area contributed by atoms with Gasteiger partial charge in [0, 0.05) is 24.9 Å². The summed E-state index contributed by atoms with van der Waals surface area (Å²) in [5.74, 6) is 0.738. The van der Waals surface area contributed by atoms with Gasteiger partial charge in [-0.25, -0.2) is 9.97 Å². The molecular formula is C24H23ClN4OS. The van der Waals surface area contributed by atoms with Crippen LogP contribution in [-0.2, 0) is 4.79 Å². The van der Waals surface area contributed by atoms with Gasteiger partial charge >= 0.3 is 0 Å². The highest BCUT2D eigenvalue weighted by Gasteiger charge is 2.15. The molecule has 0 saturated carbocycles. The SMILES string of the molecule is Cc1cc(C)c(NC(=O)CCN(C)c2ncnc3sc(-c4ccccc4)cc23)c(Cl)c1. The molecule has 0 fully saturated rings. The second-order valence-corrected chi connectivity index (χ2v) is 8.99. The molecule has 4 rings (SSSR count). The predicted molar refractivity (Wildman–Crippen MR) is 130 cm³/mol. The first-order valence-corrected chi connectivity index (χ1v) is 11.2. The summed E-state index contributed by atoms with van der Waals surface area (Å²) in [5, 5.41) is 4.50. The topological polar surface area (TPSA) is 58.1 Å². The molecule has 31 heavy (non-hydrogen) atoms. The first-order chi connectivity index (χ1) is 14.9. The maximum atomic E-state index is 12.6. The van der Waals surface area contributed by atoms with E-state index < -0.39 is 0 Å². The van der Waals surface area contributed by atoms with Crippen molar-refractivity contribution < 1.29 is 4.79 Å². The molecule has 0 unspecified atom stereocenters. The summed E-state index contributed by atoms with van der Waals surface area (Å²) in [7, 11) is 1.94. The maximum absolute atomic E-state index is 12.6. The number of nitrogens with one attached hydrogen (secondary N) is 1. The summed E-state index contributed by atoms with van der Waals surface area (Å²) >= 11 is 7.96. The Bertz CT molecular complexity index is 1220. The van der Waals surface area contributed by atoms with E-state index in [4.69, 9.17) is 11.6 Å². The molecule has 2 aromatic carbocycles. The lowest BCUT2D eigenvalue weighted by molar-refractivity contribution is -0.116. The van der Waals surface area contributed by atoms with Crippen LogP contribution in [0.2, 0.25) is 5.02 Å². The number of halogens is 1. The number of hydrogen-bond donors (Lipinski definition) is 1. The van der Waals surface area contributed by atoms with Crippen LogP contribution in [0.4, 0.5) is 11.5 Å². The van der Waals surface area contributed by atoms with Crippen LogP contribution < -0.4 is 10.2 Å². The highest BCUT2D eigenvalue weighted by atomic mass is 35.5. The van der Waals surface area contributed by atoms with Gasteiger partial charge < -0.3 is 10.2 Å². The van der Waals surface area contributed by atoms with E-state index in [9.17, 15) is 4.79 Å². The number of carbonyl (C=O) groups excluding carboxylic acids is 1. The van der Waals surface area contributed by atoms with Crippen molar-refractivity contribution in [3.63, 3.8) is 0 Å². The predicted octanol–water partition coefficient (Wildman–Crippen LogP) is 6.09. The van der Waals surface area contributed by atoms with Crippen LogP contribution in [0, 0.1) is 13.8 Å². The Morgan fingerprint density at radius 2 is 1.90 bits per heavy atom. The highest BCUT2D eigenvalue weighted by molar-refractivity contribution is 7.21. The molecule has 0 aliphatic rings. The van der Waals surface area contributed by atoms with E-state index in [0.29, 0.717) is 23.7 Å². The minimum atomic E-state index is -0.0821. The quantitative estimate of drug-likeness (QED) is 0.386. The molecule has 0 aliphatic heterocycles. The number of benzene rings is 2. The minimum Gasteiger partial charge on any atom is -0.359 e. The number of hydrogen-bond acceptors (Lipinski definition) is 5. The van der Waals surface area contributed by atoms with Gasteiger partial charge in [-0.1, -0.05) is 48.0 Å². The molecule has 4 aromatic rings. The molecule has 0 aliphatic carbocycles. The Balaban J connectivity index is 1.48. The van der Waals surface area contributed by atoms with Gasteiger partial charge in [-0.2, -0.15) is 0 Å². The van der Waals surface area contributed by atoms with Crippen LogP contribution in [-0.4, -0.2) is 29.5 Å². The van der Waals surface area contributed by atoms with Gasteiger partial charge in [0.05, 0.1) is 16.1 Å². The summed E-state index contributed by atoms with van der Waals surface area (Å²) in [6.07, 6.45) is 1.90. The van der Waals surface area contributed by atoms with Crippen LogP contribution in [0.5, 0.6) is 0 Å². The molecule has 2 aromatic heterocycles. The number of anilines is 2. The monoisotopic (exact) mass is 450 g/mol. The summed E-state index contributed by atoms with van der Waals surface area (Å²) in [6, 6.07) is 16.2. The second kappa shape index (κ2) is 9.04. The van der Waals surface area contributed by atoms with Gasteiger partial charge in [0.1, 0.15) is 17.0 Å². The van der Waals surface area contributed by atoms with E-state index >= 15 is 0 Å². The number of nitrogens with zero attached hydrogens (tertiary/aromatic N) is 3. The van der Waals surface area contributed by atoms with Gasteiger partial charge in [-0.3, -0.25) is 4.79 Å². The fourth-order valence-corrected chi connectivity index (χ4v) is 4.91. The zero-order valence-electron chi connectivity index (χ0n) is 17.6. The Kier molecular flexibility index (Phi) is 6.20. The van der Waals surface area contributed by atoms with Crippen LogP contribution in [0.15, 0.2) is 54.9 Å². The van der Waals surface area contributed by atoms with Crippen LogP contribution in [0.25, 0.3) is 20.7 Å². The maximum Gasteiger partial charge on any atom is 0.226 e. The fraction of sp³-hybridized carbons (Fsp3) is 0.208. The zero-order valence-corrected chi connectivity index (χ0v) is 19.2. The Morgan fingerprint density at radius 1 is 1.13 bits per heavy atom. The van der Waals surface area contributed by atoms with Crippen molar-refractivity contribution in [2.24, 2.45) is 0 Å². The molecule has 0 spiro atoms. The van der Waals surface area contributed by atoms with Crippen molar-refractivity contribution >= 4 is 50.6 Å². The van der Waals surface area contributed by atoms with Crippen molar-refractivity contribution in [3.8, 4) is 10.4 Å². The molecule has 5 nitrogen and oxygen atoms in total. The van der Waals surface area contributed by atoms with Crippen molar-refractivity contribution in [1.29, 1.82) is 0 Å². The van der Waals surface area contributed by atoms with E-state index in [0.717, 1.165) is 37.6 Å². The third-order valence-corrected chi connectivity index (χ3v) is 6.49. The number of fused-ring (bicyclic) bond motifs is 1. The highest BCUT2D eigenvalue weighted by Crippen LogP contribution is 2.35. The third kappa shape index (κ3) is 4.70. The largest absolute Gasteiger partial charge is 0.359 e. The smallest absolute Gasteiger partial charge is 0.226 e.